The molecular weight excluding hydrogens is 322 g/mol. The van der Waals surface area contributed by atoms with Gasteiger partial charge >= 0.3 is 0 Å². The molecule has 2 heterocycles. The van der Waals surface area contributed by atoms with Gasteiger partial charge in [-0.2, -0.15) is 28.6 Å². The first kappa shape index (κ1) is 16.9. The maximum atomic E-state index is 4.81. The summed E-state index contributed by atoms with van der Waals surface area (Å²) in [6.45, 7) is 6.43. The van der Waals surface area contributed by atoms with Crippen LogP contribution in [0.4, 0.5) is 0 Å². The molecule has 0 aliphatic carbocycles. The second-order valence-corrected chi connectivity index (χ2v) is 8.73. The summed E-state index contributed by atoms with van der Waals surface area (Å²) in [6, 6.07) is 10.4. The lowest BCUT2D eigenvalue weighted by Gasteiger charge is -2.21. The number of para-hydroxylation sites is 1. The van der Waals surface area contributed by atoms with Gasteiger partial charge in [-0.1, -0.05) is 32.0 Å². The van der Waals surface area contributed by atoms with E-state index < -0.39 is 0 Å². The molecule has 2 aromatic rings. The zero-order valence-corrected chi connectivity index (χ0v) is 15.5. The number of aromatic nitrogens is 2. The lowest BCUT2D eigenvalue weighted by atomic mass is 10.1. The molecule has 0 spiro atoms. The average molecular weight is 348 g/mol. The van der Waals surface area contributed by atoms with Crippen molar-refractivity contribution in [3.05, 3.63) is 47.8 Å². The predicted molar refractivity (Wildman–Crippen MR) is 103 cm³/mol. The van der Waals surface area contributed by atoms with Crippen LogP contribution in [0.15, 0.2) is 36.5 Å². The largest absolute Gasteiger partial charge is 0.311 e. The van der Waals surface area contributed by atoms with Crippen LogP contribution >= 0.6 is 23.5 Å². The van der Waals surface area contributed by atoms with Gasteiger partial charge in [-0.3, -0.25) is 0 Å². The highest BCUT2D eigenvalue weighted by molar-refractivity contribution is 8.06. The highest BCUT2D eigenvalue weighted by atomic mass is 32.2. The molecule has 3 nitrogen and oxygen atoms in total. The van der Waals surface area contributed by atoms with Crippen molar-refractivity contribution in [2.24, 2.45) is 0 Å². The number of hydrogen-bond acceptors (Lipinski definition) is 4. The summed E-state index contributed by atoms with van der Waals surface area (Å²) < 4.78 is 2.01. The number of nitrogens with zero attached hydrogens (tertiary/aromatic N) is 2. The Balaban J connectivity index is 1.66. The van der Waals surface area contributed by atoms with Crippen molar-refractivity contribution >= 4 is 23.5 Å². The highest BCUT2D eigenvalue weighted by Gasteiger charge is 2.16. The van der Waals surface area contributed by atoms with Crippen molar-refractivity contribution in [3.8, 4) is 5.69 Å². The second-order valence-electron chi connectivity index (χ2n) is 6.17. The minimum atomic E-state index is 0.441. The Labute approximate surface area is 147 Å². The van der Waals surface area contributed by atoms with E-state index in [1.807, 2.05) is 10.7 Å². The SMILES string of the molecule is CC(C)c1nn(-c2ccccc2)cc1CNC[C@@H]1CSCCS1. The lowest BCUT2D eigenvalue weighted by molar-refractivity contribution is 0.674. The Morgan fingerprint density at radius 1 is 1.26 bits per heavy atom. The zero-order chi connectivity index (χ0) is 16.1. The molecule has 0 bridgehead atoms. The molecule has 5 heteroatoms. The fraction of sp³-hybridized carbons (Fsp3) is 0.500. The fourth-order valence-electron chi connectivity index (χ4n) is 2.78. The van der Waals surface area contributed by atoms with E-state index in [2.05, 4.69) is 73.2 Å². The van der Waals surface area contributed by atoms with E-state index in [-0.39, 0.29) is 0 Å². The van der Waals surface area contributed by atoms with Gasteiger partial charge in [0.05, 0.1) is 11.4 Å². The molecule has 0 amide bonds. The minimum Gasteiger partial charge on any atom is -0.311 e. The van der Waals surface area contributed by atoms with Gasteiger partial charge in [0, 0.05) is 47.4 Å². The molecule has 1 saturated heterocycles. The molecule has 1 aromatic heterocycles. The Bertz CT molecular complexity index is 604. The smallest absolute Gasteiger partial charge is 0.0699 e. The summed E-state index contributed by atoms with van der Waals surface area (Å²) in [5, 5.41) is 9.21. The molecule has 1 aliphatic rings. The molecule has 1 fully saturated rings. The minimum absolute atomic E-state index is 0.441. The summed E-state index contributed by atoms with van der Waals surface area (Å²) in [5.74, 6) is 4.32. The van der Waals surface area contributed by atoms with Crippen molar-refractivity contribution in [2.45, 2.75) is 31.6 Å². The second kappa shape index (κ2) is 8.27. The Morgan fingerprint density at radius 3 is 2.78 bits per heavy atom. The van der Waals surface area contributed by atoms with E-state index in [1.165, 1.54) is 28.5 Å². The molecule has 0 saturated carbocycles. The van der Waals surface area contributed by atoms with E-state index in [0.29, 0.717) is 5.92 Å². The van der Waals surface area contributed by atoms with Crippen LogP contribution < -0.4 is 5.32 Å². The van der Waals surface area contributed by atoms with Gasteiger partial charge in [-0.15, -0.1) is 0 Å². The van der Waals surface area contributed by atoms with Crippen molar-refractivity contribution in [1.29, 1.82) is 0 Å². The van der Waals surface area contributed by atoms with E-state index in [4.69, 9.17) is 5.10 Å². The molecule has 1 aromatic carbocycles. The van der Waals surface area contributed by atoms with Gasteiger partial charge in [0.25, 0.3) is 0 Å². The van der Waals surface area contributed by atoms with Gasteiger partial charge in [0.15, 0.2) is 0 Å². The summed E-state index contributed by atoms with van der Waals surface area (Å²) in [5.41, 5.74) is 3.64. The van der Waals surface area contributed by atoms with Crippen molar-refractivity contribution in [3.63, 3.8) is 0 Å². The van der Waals surface area contributed by atoms with Crippen molar-refractivity contribution in [2.75, 3.05) is 23.8 Å². The molecule has 1 atom stereocenters. The van der Waals surface area contributed by atoms with E-state index >= 15 is 0 Å². The quantitative estimate of drug-likeness (QED) is 0.857. The van der Waals surface area contributed by atoms with Gasteiger partial charge < -0.3 is 5.32 Å². The number of rotatable bonds is 6. The number of nitrogens with one attached hydrogen (secondary N) is 1. The molecule has 124 valence electrons. The molecule has 23 heavy (non-hydrogen) atoms. The predicted octanol–water partition coefficient (Wildman–Crippen LogP) is 3.93. The van der Waals surface area contributed by atoms with Crippen LogP contribution in [0, 0.1) is 0 Å². The van der Waals surface area contributed by atoms with Crippen LogP contribution in [0.5, 0.6) is 0 Å². The van der Waals surface area contributed by atoms with Crippen LogP contribution in [0.3, 0.4) is 0 Å². The molecule has 3 rings (SSSR count). The third-order valence-electron chi connectivity index (χ3n) is 3.96. The first-order valence-electron chi connectivity index (χ1n) is 8.28. The van der Waals surface area contributed by atoms with E-state index in [0.717, 1.165) is 24.0 Å². The Kier molecular flexibility index (Phi) is 6.08. The Morgan fingerprint density at radius 2 is 2.09 bits per heavy atom. The molecule has 1 N–H and O–H groups in total. The summed E-state index contributed by atoms with van der Waals surface area (Å²) in [4.78, 5) is 0. The van der Waals surface area contributed by atoms with Crippen LogP contribution in [0.25, 0.3) is 5.69 Å². The molecular formula is C18H25N3S2. The van der Waals surface area contributed by atoms with Crippen LogP contribution in [0.2, 0.25) is 0 Å². The zero-order valence-electron chi connectivity index (χ0n) is 13.9. The number of hydrogen-bond donors (Lipinski definition) is 1. The molecule has 1 aliphatic heterocycles. The first-order chi connectivity index (χ1) is 11.2. The van der Waals surface area contributed by atoms with Gasteiger partial charge in [-0.05, 0) is 18.1 Å². The summed E-state index contributed by atoms with van der Waals surface area (Å²) in [6.07, 6.45) is 2.18. The standard InChI is InChI=1S/C18H25N3S2/c1-14(2)18-15(10-19-11-17-13-22-8-9-23-17)12-21(20-18)16-6-4-3-5-7-16/h3-7,12,14,17,19H,8-11,13H2,1-2H3/t17-/m1/s1. The van der Waals surface area contributed by atoms with Crippen LogP contribution in [-0.2, 0) is 6.54 Å². The lowest BCUT2D eigenvalue weighted by Crippen LogP contribution is -2.28. The number of benzene rings is 1. The third kappa shape index (κ3) is 4.55. The average Bonchev–Trinajstić information content (AvgIpc) is 3.01. The van der Waals surface area contributed by atoms with Gasteiger partial charge in [0.1, 0.15) is 0 Å². The fourth-order valence-corrected chi connectivity index (χ4v) is 5.43. The summed E-state index contributed by atoms with van der Waals surface area (Å²) >= 11 is 4.19. The molecule has 0 radical (unpaired) electrons. The van der Waals surface area contributed by atoms with Crippen molar-refractivity contribution in [1.82, 2.24) is 15.1 Å². The van der Waals surface area contributed by atoms with Crippen LogP contribution in [0.1, 0.15) is 31.0 Å². The maximum absolute atomic E-state index is 4.81. The maximum Gasteiger partial charge on any atom is 0.0699 e. The first-order valence-corrected chi connectivity index (χ1v) is 10.5. The van der Waals surface area contributed by atoms with Gasteiger partial charge in [-0.25, -0.2) is 4.68 Å². The Hall–Kier alpha value is -0.910. The monoisotopic (exact) mass is 347 g/mol. The van der Waals surface area contributed by atoms with Gasteiger partial charge in [0.2, 0.25) is 0 Å². The topological polar surface area (TPSA) is 29.9 Å². The van der Waals surface area contributed by atoms with Crippen molar-refractivity contribution < 1.29 is 0 Å². The summed E-state index contributed by atoms with van der Waals surface area (Å²) in [7, 11) is 0. The molecule has 0 unspecified atom stereocenters. The third-order valence-corrected chi connectivity index (χ3v) is 6.81. The highest BCUT2D eigenvalue weighted by Crippen LogP contribution is 2.24. The van der Waals surface area contributed by atoms with E-state index in [9.17, 15) is 0 Å². The van der Waals surface area contributed by atoms with Crippen LogP contribution in [-0.4, -0.2) is 38.8 Å². The normalized spacial score (nSPS) is 18.5. The van der Waals surface area contributed by atoms with E-state index in [1.54, 1.807) is 0 Å². The number of thioether (sulfide) groups is 2.